The number of nitrogens with zero attached hydrogens (tertiary/aromatic N) is 3. The molecule has 1 atom stereocenters. The fraction of sp³-hybridized carbons (Fsp3) is 0.438. The fourth-order valence-electron chi connectivity index (χ4n) is 5.34. The molecule has 2 amide bonds. The molecule has 0 saturated carbocycles. The fourth-order valence-corrected chi connectivity index (χ4v) is 5.34. The topological polar surface area (TPSA) is 110 Å². The number of anilines is 2. The first-order chi connectivity index (χ1) is 21.4. The number of likely N-dealkylation sites (tertiary alicyclic amines) is 1. The summed E-state index contributed by atoms with van der Waals surface area (Å²) in [6.07, 6.45) is -8.82. The van der Waals surface area contributed by atoms with E-state index >= 15 is 0 Å². The minimum atomic E-state index is -4.90. The van der Waals surface area contributed by atoms with Crippen LogP contribution in [0.5, 0.6) is 0 Å². The lowest BCUT2D eigenvalue weighted by Crippen LogP contribution is -2.41. The number of aromatic nitrogens is 2. The molecule has 1 aromatic heterocycles. The van der Waals surface area contributed by atoms with Crippen LogP contribution in [0, 0.1) is 0 Å². The van der Waals surface area contributed by atoms with Gasteiger partial charge in [-0.3, -0.25) is 4.79 Å². The summed E-state index contributed by atoms with van der Waals surface area (Å²) in [6.45, 7) is 6.50. The highest BCUT2D eigenvalue weighted by molar-refractivity contribution is 5.75. The molecule has 1 aliphatic rings. The van der Waals surface area contributed by atoms with E-state index < -0.39 is 53.0 Å². The number of nitrogens with two attached hydrogens (primary N) is 1. The Morgan fingerprint density at radius 1 is 1.00 bits per heavy atom. The van der Waals surface area contributed by atoms with Crippen molar-refractivity contribution in [1.29, 1.82) is 0 Å². The Kier molecular flexibility index (Phi) is 10.2. The lowest BCUT2D eigenvalue weighted by molar-refractivity contribution is -0.139. The third-order valence-corrected chi connectivity index (χ3v) is 7.48. The third-order valence-electron chi connectivity index (χ3n) is 7.48. The molecular formula is C32H35F6N5O3. The van der Waals surface area contributed by atoms with Gasteiger partial charge in [0.25, 0.3) is 0 Å². The molecule has 0 spiro atoms. The lowest BCUT2D eigenvalue weighted by atomic mass is 9.89. The van der Waals surface area contributed by atoms with Crippen molar-refractivity contribution in [2.75, 3.05) is 18.4 Å². The second kappa shape index (κ2) is 13.6. The summed E-state index contributed by atoms with van der Waals surface area (Å²) in [6, 6.07) is 11.3. The molecule has 8 nitrogen and oxygen atoms in total. The number of carbonyl (C=O) groups is 2. The van der Waals surface area contributed by atoms with Crippen LogP contribution < -0.4 is 11.1 Å². The molecule has 0 aliphatic carbocycles. The number of amides is 2. The van der Waals surface area contributed by atoms with Crippen molar-refractivity contribution in [3.8, 4) is 0 Å². The van der Waals surface area contributed by atoms with Crippen LogP contribution in [-0.2, 0) is 28.3 Å². The SMILES string of the molecule is CC(C)(C)OC(=O)N1CCC(c2ccc(Nc3ncc(C(F)(F)F)c(C(CC(N)=O)Cc4cccc(C(F)(F)F)c4)n3)cc2)CC1. The number of halogens is 6. The van der Waals surface area contributed by atoms with Crippen LogP contribution in [0.2, 0.25) is 0 Å². The predicted octanol–water partition coefficient (Wildman–Crippen LogP) is 7.57. The summed E-state index contributed by atoms with van der Waals surface area (Å²) in [5, 5.41) is 2.87. The highest BCUT2D eigenvalue weighted by atomic mass is 19.4. The second-order valence-corrected chi connectivity index (χ2v) is 12.2. The van der Waals surface area contributed by atoms with Gasteiger partial charge < -0.3 is 20.7 Å². The number of carbonyl (C=O) groups excluding carboxylic acids is 2. The monoisotopic (exact) mass is 651 g/mol. The van der Waals surface area contributed by atoms with Crippen LogP contribution in [0.4, 0.5) is 42.8 Å². The zero-order valence-corrected chi connectivity index (χ0v) is 25.5. The quantitative estimate of drug-likeness (QED) is 0.243. The minimum absolute atomic E-state index is 0.0647. The number of rotatable bonds is 8. The first kappa shape index (κ1) is 34.5. The second-order valence-electron chi connectivity index (χ2n) is 12.2. The van der Waals surface area contributed by atoms with E-state index in [0.29, 0.717) is 25.0 Å². The number of primary amides is 1. The summed E-state index contributed by atoms with van der Waals surface area (Å²) in [4.78, 5) is 33.8. The molecular weight excluding hydrogens is 616 g/mol. The first-order valence-corrected chi connectivity index (χ1v) is 14.6. The van der Waals surface area contributed by atoms with Gasteiger partial charge in [-0.1, -0.05) is 30.3 Å². The number of benzene rings is 2. The smallest absolute Gasteiger partial charge is 0.419 e. The van der Waals surface area contributed by atoms with E-state index in [1.54, 1.807) is 17.0 Å². The molecule has 1 fully saturated rings. The van der Waals surface area contributed by atoms with Crippen LogP contribution in [0.25, 0.3) is 0 Å². The maximum atomic E-state index is 14.0. The Balaban J connectivity index is 1.53. The molecule has 1 saturated heterocycles. The Morgan fingerprint density at radius 2 is 1.65 bits per heavy atom. The molecule has 4 rings (SSSR count). The molecule has 46 heavy (non-hydrogen) atoms. The summed E-state index contributed by atoms with van der Waals surface area (Å²) < 4.78 is 87.4. The maximum Gasteiger partial charge on any atom is 0.419 e. The largest absolute Gasteiger partial charge is 0.444 e. The predicted molar refractivity (Wildman–Crippen MR) is 158 cm³/mol. The van der Waals surface area contributed by atoms with Crippen LogP contribution >= 0.6 is 0 Å². The average Bonchev–Trinajstić information content (AvgIpc) is 2.95. The van der Waals surface area contributed by atoms with Gasteiger partial charge in [-0.05, 0) is 75.3 Å². The van der Waals surface area contributed by atoms with Crippen molar-refractivity contribution < 1.29 is 40.7 Å². The standard InChI is InChI=1S/C32H35F6N5O3/c1-30(2,3)46-29(45)43-13-11-21(12-14-43)20-7-9-24(10-8-20)41-28-40-18-25(32(36,37)38)27(42-28)22(17-26(39)44)15-19-5-4-6-23(16-19)31(33,34)35/h4-10,16,18,21-22H,11-15,17H2,1-3H3,(H2,39,44)(H,40,41,42). The number of hydrogen-bond donors (Lipinski definition) is 2. The van der Waals surface area contributed by atoms with Gasteiger partial charge in [0, 0.05) is 37.3 Å². The number of piperidine rings is 1. The Hall–Kier alpha value is -4.36. The molecule has 1 aliphatic heterocycles. The molecule has 3 aromatic rings. The lowest BCUT2D eigenvalue weighted by Gasteiger charge is -2.33. The highest BCUT2D eigenvalue weighted by Crippen LogP contribution is 2.38. The van der Waals surface area contributed by atoms with E-state index in [-0.39, 0.29) is 29.9 Å². The molecule has 2 heterocycles. The number of nitrogens with one attached hydrogen (secondary N) is 1. The van der Waals surface area contributed by atoms with Crippen molar-refractivity contribution in [2.24, 2.45) is 5.73 Å². The van der Waals surface area contributed by atoms with Gasteiger partial charge in [0.1, 0.15) is 5.60 Å². The van der Waals surface area contributed by atoms with E-state index in [1.807, 2.05) is 32.9 Å². The van der Waals surface area contributed by atoms with Crippen LogP contribution in [0.15, 0.2) is 54.7 Å². The molecule has 0 radical (unpaired) electrons. The van der Waals surface area contributed by atoms with Crippen molar-refractivity contribution >= 4 is 23.6 Å². The summed E-state index contributed by atoms with van der Waals surface area (Å²) in [5.41, 5.74) is 3.57. The molecule has 2 aromatic carbocycles. The van der Waals surface area contributed by atoms with E-state index in [9.17, 15) is 35.9 Å². The third kappa shape index (κ3) is 9.33. The normalized spacial score (nSPS) is 15.4. The molecule has 1 unspecified atom stereocenters. The summed E-state index contributed by atoms with van der Waals surface area (Å²) >= 11 is 0. The van der Waals surface area contributed by atoms with Gasteiger partial charge in [-0.2, -0.15) is 26.3 Å². The zero-order chi connectivity index (χ0) is 33.9. The van der Waals surface area contributed by atoms with Gasteiger partial charge in [-0.25, -0.2) is 14.8 Å². The van der Waals surface area contributed by atoms with E-state index in [1.165, 1.54) is 6.07 Å². The molecule has 14 heteroatoms. The number of ether oxygens (including phenoxy) is 1. The van der Waals surface area contributed by atoms with Crippen molar-refractivity contribution in [1.82, 2.24) is 14.9 Å². The Labute approximate surface area is 262 Å². The van der Waals surface area contributed by atoms with Crippen LogP contribution in [0.3, 0.4) is 0 Å². The Bertz CT molecular complexity index is 1530. The molecule has 3 N–H and O–H groups in total. The first-order valence-electron chi connectivity index (χ1n) is 14.6. The van der Waals surface area contributed by atoms with Crippen molar-refractivity contribution in [3.63, 3.8) is 0 Å². The number of alkyl halides is 6. The minimum Gasteiger partial charge on any atom is -0.444 e. The summed E-state index contributed by atoms with van der Waals surface area (Å²) in [7, 11) is 0. The van der Waals surface area contributed by atoms with Gasteiger partial charge in [0.05, 0.1) is 16.8 Å². The zero-order valence-electron chi connectivity index (χ0n) is 25.5. The highest BCUT2D eigenvalue weighted by Gasteiger charge is 2.38. The van der Waals surface area contributed by atoms with Gasteiger partial charge in [0.15, 0.2) is 0 Å². The number of hydrogen-bond acceptors (Lipinski definition) is 6. The van der Waals surface area contributed by atoms with Crippen LogP contribution in [-0.4, -0.2) is 45.6 Å². The molecule has 0 bridgehead atoms. The van der Waals surface area contributed by atoms with E-state index in [0.717, 1.165) is 36.6 Å². The van der Waals surface area contributed by atoms with Gasteiger partial charge >= 0.3 is 18.4 Å². The molecule has 248 valence electrons. The van der Waals surface area contributed by atoms with Gasteiger partial charge in [0.2, 0.25) is 11.9 Å². The Morgan fingerprint density at radius 3 is 2.22 bits per heavy atom. The van der Waals surface area contributed by atoms with Gasteiger partial charge in [-0.15, -0.1) is 0 Å². The van der Waals surface area contributed by atoms with Crippen molar-refractivity contribution in [3.05, 3.63) is 82.7 Å². The van der Waals surface area contributed by atoms with E-state index in [4.69, 9.17) is 10.5 Å². The van der Waals surface area contributed by atoms with Crippen LogP contribution in [0.1, 0.15) is 79.8 Å². The maximum absolute atomic E-state index is 14.0. The van der Waals surface area contributed by atoms with E-state index in [2.05, 4.69) is 15.3 Å². The summed E-state index contributed by atoms with van der Waals surface area (Å²) in [5.74, 6) is -2.23. The average molecular weight is 652 g/mol. The van der Waals surface area contributed by atoms with Crippen molar-refractivity contribution in [2.45, 2.75) is 76.2 Å².